The lowest BCUT2D eigenvalue weighted by Gasteiger charge is -2.26. The molecule has 0 amide bonds. The van der Waals surface area contributed by atoms with E-state index >= 15 is 0 Å². The molecule has 130 valence electrons. The minimum atomic E-state index is -3.67. The molecule has 2 aromatic rings. The maximum absolute atomic E-state index is 11.4. The third-order valence-electron chi connectivity index (χ3n) is 4.35. The predicted octanol–water partition coefficient (Wildman–Crippen LogP) is 1.89. The van der Waals surface area contributed by atoms with E-state index < -0.39 is 10.0 Å². The van der Waals surface area contributed by atoms with Crippen molar-refractivity contribution in [1.29, 1.82) is 0 Å². The highest BCUT2D eigenvalue weighted by atomic mass is 32.2. The molecular formula is C16H22N4O2S2. The van der Waals surface area contributed by atoms with Gasteiger partial charge in [0.2, 0.25) is 10.0 Å². The van der Waals surface area contributed by atoms with Crippen LogP contribution in [-0.4, -0.2) is 44.0 Å². The van der Waals surface area contributed by atoms with Gasteiger partial charge in [-0.15, -0.1) is 0 Å². The monoisotopic (exact) mass is 366 g/mol. The average molecular weight is 367 g/mol. The topological polar surface area (TPSA) is 79.5 Å². The fourth-order valence-electron chi connectivity index (χ4n) is 2.88. The van der Waals surface area contributed by atoms with Crippen molar-refractivity contribution in [2.24, 2.45) is 5.14 Å². The van der Waals surface area contributed by atoms with Crippen molar-refractivity contribution in [3.8, 4) is 0 Å². The van der Waals surface area contributed by atoms with E-state index in [1.54, 1.807) is 0 Å². The van der Waals surface area contributed by atoms with Crippen LogP contribution in [-0.2, 0) is 16.6 Å². The molecule has 0 aliphatic carbocycles. The molecule has 0 saturated carbocycles. The second-order valence-electron chi connectivity index (χ2n) is 6.09. The van der Waals surface area contributed by atoms with Gasteiger partial charge in [-0.2, -0.15) is 0 Å². The molecule has 1 aliphatic rings. The van der Waals surface area contributed by atoms with Crippen LogP contribution in [0.1, 0.15) is 18.9 Å². The fourth-order valence-corrected chi connectivity index (χ4v) is 4.47. The molecule has 3 rings (SSSR count). The van der Waals surface area contributed by atoms with Crippen molar-refractivity contribution in [3.63, 3.8) is 0 Å². The maximum Gasteiger partial charge on any atom is 0.249 e. The smallest absolute Gasteiger partial charge is 0.249 e. The van der Waals surface area contributed by atoms with Crippen LogP contribution in [0.3, 0.4) is 0 Å². The molecular weight excluding hydrogens is 344 g/mol. The number of anilines is 1. The Kier molecular flexibility index (Phi) is 5.19. The van der Waals surface area contributed by atoms with Crippen molar-refractivity contribution >= 4 is 26.5 Å². The standard InChI is InChI=1S/C16H22N4O2S2/c1-13-7-8-19(16-18-11-15(23-16)24(17,21)22)9-10-20(13)12-14-5-3-2-4-6-14/h2-6,11,13H,7-10,12H2,1H3,(H2,17,21,22). The molecule has 1 aliphatic heterocycles. The van der Waals surface area contributed by atoms with Gasteiger partial charge in [0.05, 0.1) is 6.20 Å². The second kappa shape index (κ2) is 7.18. The highest BCUT2D eigenvalue weighted by Gasteiger charge is 2.23. The summed E-state index contributed by atoms with van der Waals surface area (Å²) in [5, 5.41) is 5.91. The molecule has 2 heterocycles. The molecule has 1 saturated heterocycles. The van der Waals surface area contributed by atoms with Gasteiger partial charge in [-0.1, -0.05) is 41.7 Å². The van der Waals surface area contributed by atoms with Crippen LogP contribution in [0.15, 0.2) is 40.7 Å². The molecule has 1 fully saturated rings. The number of primary sulfonamides is 1. The highest BCUT2D eigenvalue weighted by molar-refractivity contribution is 7.91. The Morgan fingerprint density at radius 2 is 2.00 bits per heavy atom. The molecule has 24 heavy (non-hydrogen) atoms. The summed E-state index contributed by atoms with van der Waals surface area (Å²) in [6.07, 6.45) is 2.36. The number of aromatic nitrogens is 1. The summed E-state index contributed by atoms with van der Waals surface area (Å²) in [4.78, 5) is 8.86. The van der Waals surface area contributed by atoms with Crippen LogP contribution in [0.2, 0.25) is 0 Å². The normalized spacial score (nSPS) is 20.1. The molecule has 1 atom stereocenters. The summed E-state index contributed by atoms with van der Waals surface area (Å²) >= 11 is 1.15. The third kappa shape index (κ3) is 4.13. The van der Waals surface area contributed by atoms with Gasteiger partial charge in [-0.25, -0.2) is 18.5 Å². The SMILES string of the molecule is CC1CCN(c2ncc(S(N)(=O)=O)s2)CCN1Cc1ccccc1. The van der Waals surface area contributed by atoms with E-state index in [1.807, 2.05) is 6.07 Å². The van der Waals surface area contributed by atoms with Gasteiger partial charge >= 0.3 is 0 Å². The summed E-state index contributed by atoms with van der Waals surface area (Å²) in [5.74, 6) is 0. The number of thiazole rings is 1. The highest BCUT2D eigenvalue weighted by Crippen LogP contribution is 2.27. The van der Waals surface area contributed by atoms with Crippen LogP contribution in [0.25, 0.3) is 0 Å². The summed E-state index contributed by atoms with van der Waals surface area (Å²) in [6, 6.07) is 10.9. The van der Waals surface area contributed by atoms with Gasteiger partial charge in [0.15, 0.2) is 9.34 Å². The van der Waals surface area contributed by atoms with E-state index in [4.69, 9.17) is 5.14 Å². The number of sulfonamides is 1. The Bertz CT molecular complexity index is 776. The van der Waals surface area contributed by atoms with Crippen molar-refractivity contribution < 1.29 is 8.42 Å². The Morgan fingerprint density at radius 3 is 2.67 bits per heavy atom. The third-order valence-corrected chi connectivity index (χ3v) is 6.81. The molecule has 1 unspecified atom stereocenters. The molecule has 1 aromatic heterocycles. The van der Waals surface area contributed by atoms with E-state index in [0.717, 1.165) is 49.1 Å². The molecule has 0 spiro atoms. The zero-order chi connectivity index (χ0) is 17.2. The van der Waals surface area contributed by atoms with Crippen LogP contribution < -0.4 is 10.0 Å². The molecule has 0 radical (unpaired) electrons. The largest absolute Gasteiger partial charge is 0.347 e. The van der Waals surface area contributed by atoms with Crippen molar-refractivity contribution in [2.75, 3.05) is 24.5 Å². The van der Waals surface area contributed by atoms with E-state index in [0.29, 0.717) is 6.04 Å². The van der Waals surface area contributed by atoms with E-state index in [-0.39, 0.29) is 4.21 Å². The van der Waals surface area contributed by atoms with E-state index in [9.17, 15) is 8.42 Å². The van der Waals surface area contributed by atoms with Crippen LogP contribution in [0.4, 0.5) is 5.13 Å². The summed E-state index contributed by atoms with van der Waals surface area (Å²) in [7, 11) is -3.67. The van der Waals surface area contributed by atoms with Gasteiger partial charge in [-0.3, -0.25) is 4.90 Å². The minimum absolute atomic E-state index is 0.121. The summed E-state index contributed by atoms with van der Waals surface area (Å²) in [5.41, 5.74) is 1.31. The Balaban J connectivity index is 1.69. The first-order valence-electron chi connectivity index (χ1n) is 7.95. The minimum Gasteiger partial charge on any atom is -0.347 e. The number of nitrogens with two attached hydrogens (primary N) is 1. The lowest BCUT2D eigenvalue weighted by atomic mass is 10.1. The number of hydrogen-bond donors (Lipinski definition) is 1. The lowest BCUT2D eigenvalue weighted by Crippen LogP contribution is -2.34. The van der Waals surface area contributed by atoms with Crippen molar-refractivity contribution in [2.45, 2.75) is 30.1 Å². The first kappa shape index (κ1) is 17.3. The second-order valence-corrected chi connectivity index (χ2v) is 8.89. The molecule has 6 nitrogen and oxygen atoms in total. The van der Waals surface area contributed by atoms with E-state index in [1.165, 1.54) is 11.8 Å². The lowest BCUT2D eigenvalue weighted by molar-refractivity contribution is 0.212. The summed E-state index contributed by atoms with van der Waals surface area (Å²) < 4.78 is 23.0. The van der Waals surface area contributed by atoms with E-state index in [2.05, 4.69) is 46.0 Å². The number of rotatable bonds is 4. The van der Waals surface area contributed by atoms with Gasteiger partial charge < -0.3 is 4.90 Å². The predicted molar refractivity (Wildman–Crippen MR) is 96.6 cm³/mol. The maximum atomic E-state index is 11.4. The quantitative estimate of drug-likeness (QED) is 0.894. The molecule has 2 N–H and O–H groups in total. The number of benzene rings is 1. The first-order valence-corrected chi connectivity index (χ1v) is 10.3. The zero-order valence-corrected chi connectivity index (χ0v) is 15.3. The van der Waals surface area contributed by atoms with Crippen molar-refractivity contribution in [1.82, 2.24) is 9.88 Å². The number of hydrogen-bond acceptors (Lipinski definition) is 6. The van der Waals surface area contributed by atoms with Gasteiger partial charge in [0.25, 0.3) is 0 Å². The van der Waals surface area contributed by atoms with Gasteiger partial charge in [0, 0.05) is 32.2 Å². The average Bonchev–Trinajstić information content (AvgIpc) is 2.98. The van der Waals surface area contributed by atoms with Gasteiger partial charge in [-0.05, 0) is 18.9 Å². The first-order chi connectivity index (χ1) is 11.4. The Labute approximate surface area is 147 Å². The van der Waals surface area contributed by atoms with Crippen LogP contribution in [0.5, 0.6) is 0 Å². The Hall–Kier alpha value is -1.48. The molecule has 0 bridgehead atoms. The number of nitrogens with zero attached hydrogens (tertiary/aromatic N) is 3. The van der Waals surface area contributed by atoms with Crippen LogP contribution >= 0.6 is 11.3 Å². The summed E-state index contributed by atoms with van der Waals surface area (Å²) in [6.45, 7) is 5.78. The van der Waals surface area contributed by atoms with Crippen molar-refractivity contribution in [3.05, 3.63) is 42.1 Å². The zero-order valence-electron chi connectivity index (χ0n) is 13.6. The van der Waals surface area contributed by atoms with Crippen LogP contribution in [0, 0.1) is 0 Å². The van der Waals surface area contributed by atoms with Gasteiger partial charge in [0.1, 0.15) is 0 Å². The molecule has 1 aromatic carbocycles. The Morgan fingerprint density at radius 1 is 1.25 bits per heavy atom. The fraction of sp³-hybridized carbons (Fsp3) is 0.438. The molecule has 8 heteroatoms.